The van der Waals surface area contributed by atoms with Crippen LogP contribution in [0.25, 0.3) is 17.1 Å². The minimum atomic E-state index is 0.0971. The molecule has 0 bridgehead atoms. The molecule has 0 atom stereocenters. The summed E-state index contributed by atoms with van der Waals surface area (Å²) in [5, 5.41) is 4.92. The van der Waals surface area contributed by atoms with E-state index in [-0.39, 0.29) is 11.8 Å². The van der Waals surface area contributed by atoms with E-state index >= 15 is 0 Å². The highest BCUT2D eigenvalue weighted by atomic mass is 32.1. The highest BCUT2D eigenvalue weighted by Gasteiger charge is 2.29. The highest BCUT2D eigenvalue weighted by molar-refractivity contribution is 7.71. The lowest BCUT2D eigenvalue weighted by Gasteiger charge is -2.35. The number of pyridine rings is 1. The van der Waals surface area contributed by atoms with Gasteiger partial charge in [-0.2, -0.15) is 0 Å². The van der Waals surface area contributed by atoms with Crippen LogP contribution in [0, 0.1) is 17.6 Å². The molecule has 178 valence electrons. The molecule has 2 saturated heterocycles. The maximum absolute atomic E-state index is 12.9. The Morgan fingerprint density at radius 1 is 1.03 bits per heavy atom. The third kappa shape index (κ3) is 4.82. The molecular weight excluding hydrogens is 448 g/mol. The van der Waals surface area contributed by atoms with Crippen LogP contribution in [0.5, 0.6) is 0 Å². The van der Waals surface area contributed by atoms with E-state index in [9.17, 15) is 4.79 Å². The van der Waals surface area contributed by atoms with Crippen molar-refractivity contribution in [3.63, 3.8) is 0 Å². The number of rotatable bonds is 5. The van der Waals surface area contributed by atoms with Crippen LogP contribution in [-0.4, -0.2) is 74.4 Å². The van der Waals surface area contributed by atoms with E-state index in [1.165, 1.54) is 5.56 Å². The molecule has 0 radical (unpaired) electrons. The van der Waals surface area contributed by atoms with Crippen LogP contribution in [0.1, 0.15) is 18.4 Å². The molecule has 5 rings (SSSR count). The Hall–Kier alpha value is -2.88. The van der Waals surface area contributed by atoms with Crippen LogP contribution in [0.2, 0.25) is 0 Å². The molecule has 1 amide bonds. The second kappa shape index (κ2) is 10.2. The molecule has 8 nitrogen and oxygen atoms in total. The summed E-state index contributed by atoms with van der Waals surface area (Å²) in [6.07, 6.45) is 5.26. The number of morpholine rings is 1. The van der Waals surface area contributed by atoms with E-state index in [0.29, 0.717) is 37.7 Å². The number of aromatic nitrogens is 4. The van der Waals surface area contributed by atoms with E-state index < -0.39 is 0 Å². The Balaban J connectivity index is 1.34. The third-order valence-corrected chi connectivity index (χ3v) is 7.06. The number of hydrogen-bond acceptors (Lipinski definition) is 6. The van der Waals surface area contributed by atoms with E-state index in [1.54, 1.807) is 12.4 Å². The number of carbonyl (C=O) groups is 1. The monoisotopic (exact) mass is 478 g/mol. The molecule has 2 fully saturated rings. The van der Waals surface area contributed by atoms with Crippen molar-refractivity contribution < 1.29 is 9.53 Å². The molecule has 1 aromatic carbocycles. The van der Waals surface area contributed by atoms with Crippen LogP contribution in [-0.2, 0) is 16.2 Å². The second-order valence-electron chi connectivity index (χ2n) is 8.98. The van der Waals surface area contributed by atoms with E-state index in [4.69, 9.17) is 22.1 Å². The van der Waals surface area contributed by atoms with Gasteiger partial charge in [0.05, 0.1) is 19.9 Å². The lowest BCUT2D eigenvalue weighted by molar-refractivity contribution is -0.141. The Morgan fingerprint density at radius 3 is 2.38 bits per heavy atom. The van der Waals surface area contributed by atoms with Crippen molar-refractivity contribution in [1.82, 2.24) is 29.1 Å². The first kappa shape index (κ1) is 22.9. The average molecular weight is 479 g/mol. The molecule has 34 heavy (non-hydrogen) atoms. The van der Waals surface area contributed by atoms with Gasteiger partial charge in [0.15, 0.2) is 5.82 Å². The zero-order valence-corrected chi connectivity index (χ0v) is 20.3. The van der Waals surface area contributed by atoms with Gasteiger partial charge in [0, 0.05) is 55.7 Å². The maximum atomic E-state index is 12.9. The number of benzene rings is 1. The Bertz CT molecular complexity index is 1180. The lowest BCUT2D eigenvalue weighted by atomic mass is 9.95. The van der Waals surface area contributed by atoms with Gasteiger partial charge in [-0.15, -0.1) is 5.10 Å². The fourth-order valence-electron chi connectivity index (χ4n) is 4.67. The van der Waals surface area contributed by atoms with Gasteiger partial charge >= 0.3 is 0 Å². The van der Waals surface area contributed by atoms with E-state index in [1.807, 2.05) is 26.3 Å². The number of nitrogens with zero attached hydrogens (tertiary/aromatic N) is 6. The van der Waals surface area contributed by atoms with Crippen molar-refractivity contribution >= 4 is 18.1 Å². The summed E-state index contributed by atoms with van der Waals surface area (Å²) >= 11 is 5.89. The number of hydrogen-bond donors (Lipinski definition) is 0. The molecule has 2 aromatic heterocycles. The smallest absolute Gasteiger partial charge is 0.225 e. The standard InChI is InChI=1S/C25H30N6O2S/c1-19-2-4-22(5-3-19)31-23(20-6-10-26-11-7-20)27-30(25(31)34)18-28-12-8-21(9-13-28)24(32)29-14-16-33-17-15-29/h2-7,10-11,21H,8-9,12-18H2,1H3. The summed E-state index contributed by atoms with van der Waals surface area (Å²) in [6.45, 7) is 7.09. The molecular formula is C25H30N6O2S. The molecule has 0 unspecified atom stereocenters. The fourth-order valence-corrected chi connectivity index (χ4v) is 4.96. The minimum absolute atomic E-state index is 0.0971. The SMILES string of the molecule is Cc1ccc(-n2c(-c3ccncc3)nn(CN3CCC(C(=O)N4CCOCC4)CC3)c2=S)cc1. The van der Waals surface area contributed by atoms with Crippen LogP contribution in [0.3, 0.4) is 0 Å². The van der Waals surface area contributed by atoms with Crippen molar-refractivity contribution in [3.05, 3.63) is 59.1 Å². The first-order valence-electron chi connectivity index (χ1n) is 11.9. The molecule has 9 heteroatoms. The zero-order valence-electron chi connectivity index (χ0n) is 19.5. The summed E-state index contributed by atoms with van der Waals surface area (Å²) in [5.74, 6) is 1.18. The van der Waals surface area contributed by atoms with Gasteiger partial charge in [-0.1, -0.05) is 17.7 Å². The largest absolute Gasteiger partial charge is 0.378 e. The van der Waals surface area contributed by atoms with Gasteiger partial charge in [0.25, 0.3) is 0 Å². The molecule has 0 saturated carbocycles. The van der Waals surface area contributed by atoms with E-state index in [0.717, 1.165) is 43.0 Å². The summed E-state index contributed by atoms with van der Waals surface area (Å²) in [5.41, 5.74) is 3.15. The summed E-state index contributed by atoms with van der Waals surface area (Å²) in [4.78, 5) is 21.3. The Morgan fingerprint density at radius 2 is 1.71 bits per heavy atom. The number of likely N-dealkylation sites (tertiary alicyclic amines) is 1. The molecule has 0 N–H and O–H groups in total. The molecule has 4 heterocycles. The normalized spacial score (nSPS) is 17.7. The summed E-state index contributed by atoms with van der Waals surface area (Å²) < 4.78 is 9.97. The number of ether oxygens (including phenoxy) is 1. The second-order valence-corrected chi connectivity index (χ2v) is 9.35. The number of carbonyl (C=O) groups excluding carboxylic acids is 1. The summed E-state index contributed by atoms with van der Waals surface area (Å²) in [7, 11) is 0. The van der Waals surface area contributed by atoms with Crippen molar-refractivity contribution in [2.24, 2.45) is 5.92 Å². The van der Waals surface area contributed by atoms with Crippen molar-refractivity contribution in [1.29, 1.82) is 0 Å². The van der Waals surface area contributed by atoms with Crippen LogP contribution >= 0.6 is 12.2 Å². The van der Waals surface area contributed by atoms with Gasteiger partial charge in [0.2, 0.25) is 10.7 Å². The first-order valence-corrected chi connectivity index (χ1v) is 12.3. The van der Waals surface area contributed by atoms with Crippen LogP contribution in [0.4, 0.5) is 0 Å². The Kier molecular flexibility index (Phi) is 6.85. The van der Waals surface area contributed by atoms with Gasteiger partial charge in [-0.05, 0) is 56.2 Å². The van der Waals surface area contributed by atoms with E-state index in [2.05, 4.69) is 41.1 Å². The van der Waals surface area contributed by atoms with Crippen LogP contribution in [0.15, 0.2) is 48.8 Å². The lowest BCUT2D eigenvalue weighted by Crippen LogP contribution is -2.47. The highest BCUT2D eigenvalue weighted by Crippen LogP contribution is 2.24. The van der Waals surface area contributed by atoms with Crippen molar-refractivity contribution in [2.75, 3.05) is 39.4 Å². The molecule has 0 spiro atoms. The number of piperidine rings is 1. The van der Waals surface area contributed by atoms with Gasteiger partial charge in [-0.25, -0.2) is 4.68 Å². The van der Waals surface area contributed by atoms with Gasteiger partial charge < -0.3 is 9.64 Å². The third-order valence-electron chi connectivity index (χ3n) is 6.66. The number of amides is 1. The predicted molar refractivity (Wildman–Crippen MR) is 132 cm³/mol. The van der Waals surface area contributed by atoms with Crippen molar-refractivity contribution in [2.45, 2.75) is 26.4 Å². The topological polar surface area (TPSA) is 68.4 Å². The minimum Gasteiger partial charge on any atom is -0.378 e. The van der Waals surface area contributed by atoms with Gasteiger partial charge in [0.1, 0.15) is 0 Å². The average Bonchev–Trinajstić information content (AvgIpc) is 3.21. The molecule has 2 aliphatic rings. The number of aryl methyl sites for hydroxylation is 1. The fraction of sp³-hybridized carbons (Fsp3) is 0.440. The molecule has 2 aliphatic heterocycles. The predicted octanol–water partition coefficient (Wildman–Crippen LogP) is 3.30. The summed E-state index contributed by atoms with van der Waals surface area (Å²) in [6, 6.07) is 12.2. The maximum Gasteiger partial charge on any atom is 0.225 e. The van der Waals surface area contributed by atoms with Gasteiger partial charge in [-0.3, -0.25) is 19.2 Å². The van der Waals surface area contributed by atoms with Crippen molar-refractivity contribution in [3.8, 4) is 17.1 Å². The Labute approximate surface area is 204 Å². The molecule has 0 aliphatic carbocycles. The first-order chi connectivity index (χ1) is 16.6. The molecule has 3 aromatic rings. The zero-order chi connectivity index (χ0) is 23.5. The van der Waals surface area contributed by atoms with Crippen LogP contribution < -0.4 is 0 Å². The quantitative estimate of drug-likeness (QED) is 0.524.